The molecule has 1 saturated heterocycles. The molecule has 2 N–H and O–H groups in total. The third-order valence-corrected chi connectivity index (χ3v) is 3.93. The molecule has 1 heterocycles. The van der Waals surface area contributed by atoms with Crippen molar-refractivity contribution in [1.82, 2.24) is 4.90 Å². The Morgan fingerprint density at radius 2 is 1.77 bits per heavy atom. The summed E-state index contributed by atoms with van der Waals surface area (Å²) >= 11 is 0. The normalized spacial score (nSPS) is 17.7. The molecule has 0 spiro atoms. The van der Waals surface area contributed by atoms with Gasteiger partial charge in [-0.25, -0.2) is 0 Å². The van der Waals surface area contributed by atoms with Crippen molar-refractivity contribution in [2.24, 2.45) is 11.7 Å². The topological polar surface area (TPSA) is 46.3 Å². The number of rotatable bonds is 3. The molecule has 124 valence electrons. The fourth-order valence-electron chi connectivity index (χ4n) is 2.59. The highest BCUT2D eigenvalue weighted by atomic mass is 35.5. The van der Waals surface area contributed by atoms with Crippen LogP contribution in [0.1, 0.15) is 30.9 Å². The zero-order chi connectivity index (χ0) is 15.5. The maximum atomic E-state index is 12.6. The van der Waals surface area contributed by atoms with E-state index in [0.29, 0.717) is 0 Å². The largest absolute Gasteiger partial charge is 0.391 e. The van der Waals surface area contributed by atoms with Crippen molar-refractivity contribution in [1.29, 1.82) is 0 Å². The van der Waals surface area contributed by atoms with E-state index < -0.39 is 18.1 Å². The summed E-state index contributed by atoms with van der Waals surface area (Å²) in [5.74, 6) is -1.46. The summed E-state index contributed by atoms with van der Waals surface area (Å²) < 4.78 is 37.7. The highest BCUT2D eigenvalue weighted by molar-refractivity contribution is 5.85. The second-order valence-corrected chi connectivity index (χ2v) is 5.42. The van der Waals surface area contributed by atoms with Gasteiger partial charge in [-0.1, -0.05) is 30.3 Å². The smallest absolute Gasteiger partial charge is 0.343 e. The third-order valence-electron chi connectivity index (χ3n) is 3.93. The fourth-order valence-corrected chi connectivity index (χ4v) is 2.59. The van der Waals surface area contributed by atoms with Crippen molar-refractivity contribution in [3.63, 3.8) is 0 Å². The van der Waals surface area contributed by atoms with E-state index >= 15 is 0 Å². The first-order valence-corrected chi connectivity index (χ1v) is 7.03. The van der Waals surface area contributed by atoms with Crippen molar-refractivity contribution in [2.45, 2.75) is 31.5 Å². The van der Waals surface area contributed by atoms with Gasteiger partial charge in [-0.3, -0.25) is 4.79 Å². The lowest BCUT2D eigenvalue weighted by Gasteiger charge is -2.33. The SMILES string of the molecule is Cl.NC(CC(=O)N1CCC(C(F)(F)F)CC1)c1ccccc1. The summed E-state index contributed by atoms with van der Waals surface area (Å²) in [6.45, 7) is 0.315. The van der Waals surface area contributed by atoms with Crippen LogP contribution in [-0.2, 0) is 4.79 Å². The van der Waals surface area contributed by atoms with Gasteiger partial charge >= 0.3 is 6.18 Å². The Morgan fingerprint density at radius 1 is 1.23 bits per heavy atom. The Hall–Kier alpha value is -1.27. The number of hydrogen-bond donors (Lipinski definition) is 1. The number of likely N-dealkylation sites (tertiary alicyclic amines) is 1. The lowest BCUT2D eigenvalue weighted by Crippen LogP contribution is -2.42. The average molecular weight is 337 g/mol. The Kier molecular flexibility index (Phi) is 6.68. The van der Waals surface area contributed by atoms with E-state index in [4.69, 9.17) is 5.73 Å². The quantitative estimate of drug-likeness (QED) is 0.920. The molecule has 1 aromatic rings. The van der Waals surface area contributed by atoms with Gasteiger partial charge in [0, 0.05) is 25.6 Å². The highest BCUT2D eigenvalue weighted by Gasteiger charge is 2.41. The number of amides is 1. The van der Waals surface area contributed by atoms with Gasteiger partial charge < -0.3 is 10.6 Å². The maximum Gasteiger partial charge on any atom is 0.391 e. The van der Waals surface area contributed by atoms with Gasteiger partial charge in [0.15, 0.2) is 0 Å². The molecule has 22 heavy (non-hydrogen) atoms. The van der Waals surface area contributed by atoms with Gasteiger partial charge in [0.05, 0.1) is 5.92 Å². The molecule has 3 nitrogen and oxygen atoms in total. The summed E-state index contributed by atoms with van der Waals surface area (Å²) in [7, 11) is 0. The Balaban J connectivity index is 0.00000242. The van der Waals surface area contributed by atoms with Crippen molar-refractivity contribution in [2.75, 3.05) is 13.1 Å². The number of piperidine rings is 1. The highest BCUT2D eigenvalue weighted by Crippen LogP contribution is 2.34. The molecular formula is C15H20ClF3N2O. The van der Waals surface area contributed by atoms with Crippen LogP contribution in [0.2, 0.25) is 0 Å². The zero-order valence-electron chi connectivity index (χ0n) is 12.1. The van der Waals surface area contributed by atoms with Gasteiger partial charge in [0.1, 0.15) is 0 Å². The summed E-state index contributed by atoms with van der Waals surface area (Å²) in [5, 5.41) is 0. The van der Waals surface area contributed by atoms with E-state index in [1.807, 2.05) is 30.3 Å². The average Bonchev–Trinajstić information content (AvgIpc) is 2.47. The molecular weight excluding hydrogens is 317 g/mol. The number of nitrogens with zero attached hydrogens (tertiary/aromatic N) is 1. The van der Waals surface area contributed by atoms with Crippen LogP contribution in [0.4, 0.5) is 13.2 Å². The van der Waals surface area contributed by atoms with Crippen LogP contribution in [0.15, 0.2) is 30.3 Å². The van der Waals surface area contributed by atoms with E-state index in [1.54, 1.807) is 0 Å². The summed E-state index contributed by atoms with van der Waals surface area (Å²) in [6, 6.07) is 8.81. The van der Waals surface area contributed by atoms with Crippen molar-refractivity contribution in [3.05, 3.63) is 35.9 Å². The molecule has 0 aromatic heterocycles. The molecule has 1 aliphatic rings. The first-order valence-electron chi connectivity index (χ1n) is 7.03. The number of nitrogens with two attached hydrogens (primary N) is 1. The Morgan fingerprint density at radius 3 is 2.27 bits per heavy atom. The minimum Gasteiger partial charge on any atom is -0.343 e. The molecule has 1 unspecified atom stereocenters. The Bertz CT molecular complexity index is 473. The van der Waals surface area contributed by atoms with Crippen LogP contribution < -0.4 is 5.73 Å². The van der Waals surface area contributed by atoms with E-state index in [2.05, 4.69) is 0 Å². The number of halogens is 4. The maximum absolute atomic E-state index is 12.6. The van der Waals surface area contributed by atoms with Gasteiger partial charge in [-0.05, 0) is 18.4 Å². The second kappa shape index (κ2) is 7.83. The number of benzene rings is 1. The van der Waals surface area contributed by atoms with E-state index in [1.165, 1.54) is 4.90 Å². The van der Waals surface area contributed by atoms with E-state index in [9.17, 15) is 18.0 Å². The van der Waals surface area contributed by atoms with Crippen LogP contribution >= 0.6 is 12.4 Å². The molecule has 1 fully saturated rings. The van der Waals surface area contributed by atoms with Crippen molar-refractivity contribution < 1.29 is 18.0 Å². The number of hydrogen-bond acceptors (Lipinski definition) is 2. The van der Waals surface area contributed by atoms with Gasteiger partial charge in [0.25, 0.3) is 0 Å². The molecule has 1 atom stereocenters. The van der Waals surface area contributed by atoms with Crippen LogP contribution in [0.3, 0.4) is 0 Å². The lowest BCUT2D eigenvalue weighted by atomic mass is 9.95. The minimum atomic E-state index is -4.16. The molecule has 7 heteroatoms. The molecule has 0 saturated carbocycles. The number of carbonyl (C=O) groups excluding carboxylic acids is 1. The van der Waals surface area contributed by atoms with Crippen molar-refractivity contribution >= 4 is 18.3 Å². The predicted molar refractivity (Wildman–Crippen MR) is 80.6 cm³/mol. The Labute approximate surface area is 134 Å². The van der Waals surface area contributed by atoms with Gasteiger partial charge in [-0.2, -0.15) is 13.2 Å². The summed E-state index contributed by atoms with van der Waals surface area (Å²) in [4.78, 5) is 13.6. The molecule has 1 aromatic carbocycles. The zero-order valence-corrected chi connectivity index (χ0v) is 12.9. The first kappa shape index (κ1) is 18.8. The van der Waals surface area contributed by atoms with Crippen molar-refractivity contribution in [3.8, 4) is 0 Å². The lowest BCUT2D eigenvalue weighted by molar-refractivity contribution is -0.186. The molecule has 2 rings (SSSR count). The number of carbonyl (C=O) groups is 1. The van der Waals surface area contributed by atoms with Gasteiger partial charge in [-0.15, -0.1) is 12.4 Å². The molecule has 0 bridgehead atoms. The minimum absolute atomic E-state index is 0. The van der Waals surface area contributed by atoms with Gasteiger partial charge in [0.2, 0.25) is 5.91 Å². The summed E-state index contributed by atoms with van der Waals surface area (Å²) in [5.41, 5.74) is 6.83. The third kappa shape index (κ3) is 4.88. The van der Waals surface area contributed by atoms with Crippen LogP contribution in [0.25, 0.3) is 0 Å². The monoisotopic (exact) mass is 336 g/mol. The first-order chi connectivity index (χ1) is 9.88. The second-order valence-electron chi connectivity index (χ2n) is 5.42. The van der Waals surface area contributed by atoms with Crippen LogP contribution in [0, 0.1) is 5.92 Å². The molecule has 1 amide bonds. The van der Waals surface area contributed by atoms with E-state index in [-0.39, 0.29) is 50.7 Å². The van der Waals surface area contributed by atoms with E-state index in [0.717, 1.165) is 5.56 Å². The van der Waals surface area contributed by atoms with Crippen LogP contribution in [-0.4, -0.2) is 30.1 Å². The predicted octanol–water partition coefficient (Wildman–Crippen LogP) is 3.30. The standard InChI is InChI=1S/C15H19F3N2O.ClH/c16-15(17,18)12-6-8-20(9-7-12)14(21)10-13(19)11-4-2-1-3-5-11;/h1-5,12-13H,6-10,19H2;1H. The summed E-state index contributed by atoms with van der Waals surface area (Å²) in [6.07, 6.45) is -4.07. The molecule has 0 aliphatic carbocycles. The fraction of sp³-hybridized carbons (Fsp3) is 0.533. The number of alkyl halides is 3. The van der Waals surface area contributed by atoms with Crippen LogP contribution in [0.5, 0.6) is 0 Å². The molecule has 1 aliphatic heterocycles. The molecule has 0 radical (unpaired) electrons.